The topological polar surface area (TPSA) is 87.1 Å². The molecule has 1 unspecified atom stereocenters. The molecule has 0 radical (unpaired) electrons. The maximum Gasteiger partial charge on any atom is 0.333 e. The SMILES string of the molecule is CC(=O)N(CCC(c1ccc(Cl)c(Cl)c1)P(=O)(O)O)OCc1ccc(-c2ccc(C(C)C)cc2)cc1. The highest BCUT2D eigenvalue weighted by atomic mass is 35.5. The molecule has 0 saturated heterocycles. The molecular formula is C27H30Cl2NO5P. The molecule has 0 heterocycles. The lowest BCUT2D eigenvalue weighted by atomic mass is 9.98. The number of halogens is 2. The van der Waals surface area contributed by atoms with E-state index in [0.29, 0.717) is 11.5 Å². The molecule has 1 amide bonds. The molecule has 0 spiro atoms. The Labute approximate surface area is 221 Å². The van der Waals surface area contributed by atoms with E-state index >= 15 is 0 Å². The smallest absolute Gasteiger partial charge is 0.324 e. The second-order valence-electron chi connectivity index (χ2n) is 8.94. The van der Waals surface area contributed by atoms with Crippen LogP contribution in [0, 0.1) is 0 Å². The number of benzene rings is 3. The summed E-state index contributed by atoms with van der Waals surface area (Å²) in [6, 6.07) is 20.8. The average molecular weight is 550 g/mol. The summed E-state index contributed by atoms with van der Waals surface area (Å²) in [5.74, 6) is 0.110. The maximum atomic E-state index is 12.2. The molecule has 6 nitrogen and oxygen atoms in total. The zero-order valence-electron chi connectivity index (χ0n) is 20.4. The van der Waals surface area contributed by atoms with Crippen LogP contribution in [-0.2, 0) is 20.8 Å². The summed E-state index contributed by atoms with van der Waals surface area (Å²) < 4.78 is 12.2. The van der Waals surface area contributed by atoms with Crippen LogP contribution < -0.4 is 0 Å². The molecule has 192 valence electrons. The molecule has 3 rings (SSSR count). The Bertz CT molecular complexity index is 1230. The van der Waals surface area contributed by atoms with Gasteiger partial charge in [-0.15, -0.1) is 0 Å². The van der Waals surface area contributed by atoms with E-state index in [4.69, 9.17) is 28.0 Å². The molecule has 0 aliphatic rings. The lowest BCUT2D eigenvalue weighted by molar-refractivity contribution is -0.189. The Morgan fingerprint density at radius 1 is 0.917 bits per heavy atom. The summed E-state index contributed by atoms with van der Waals surface area (Å²) in [6.07, 6.45) is -0.0207. The number of carbonyl (C=O) groups is 1. The van der Waals surface area contributed by atoms with Gasteiger partial charge in [-0.05, 0) is 52.3 Å². The van der Waals surface area contributed by atoms with Crippen LogP contribution in [0.4, 0.5) is 0 Å². The highest BCUT2D eigenvalue weighted by Gasteiger charge is 2.31. The molecule has 0 fully saturated rings. The van der Waals surface area contributed by atoms with Gasteiger partial charge >= 0.3 is 7.60 Å². The molecular weight excluding hydrogens is 520 g/mol. The van der Waals surface area contributed by atoms with Crippen molar-refractivity contribution in [3.8, 4) is 11.1 Å². The van der Waals surface area contributed by atoms with Crippen LogP contribution in [0.15, 0.2) is 66.7 Å². The molecule has 2 N–H and O–H groups in total. The number of hydroxylamine groups is 2. The Hall–Kier alpha value is -2.18. The van der Waals surface area contributed by atoms with Crippen molar-refractivity contribution in [2.24, 2.45) is 0 Å². The van der Waals surface area contributed by atoms with E-state index in [2.05, 4.69) is 38.1 Å². The van der Waals surface area contributed by atoms with E-state index in [9.17, 15) is 19.1 Å². The number of nitrogens with zero attached hydrogens (tertiary/aromatic N) is 1. The lowest BCUT2D eigenvalue weighted by Crippen LogP contribution is -2.30. The number of amides is 1. The van der Waals surface area contributed by atoms with Crippen molar-refractivity contribution >= 4 is 36.7 Å². The zero-order valence-corrected chi connectivity index (χ0v) is 22.8. The summed E-state index contributed by atoms with van der Waals surface area (Å²) in [6.45, 7) is 5.79. The normalized spacial score (nSPS) is 12.6. The van der Waals surface area contributed by atoms with Gasteiger partial charge in [-0.25, -0.2) is 5.06 Å². The fourth-order valence-corrected chi connectivity index (χ4v) is 5.11. The predicted octanol–water partition coefficient (Wildman–Crippen LogP) is 7.37. The number of hydrogen-bond donors (Lipinski definition) is 2. The monoisotopic (exact) mass is 549 g/mol. The van der Waals surface area contributed by atoms with Crippen LogP contribution >= 0.6 is 30.8 Å². The van der Waals surface area contributed by atoms with Crippen LogP contribution in [0.2, 0.25) is 10.0 Å². The van der Waals surface area contributed by atoms with Crippen LogP contribution in [0.3, 0.4) is 0 Å². The molecule has 1 atom stereocenters. The summed E-state index contributed by atoms with van der Waals surface area (Å²) in [5, 5.41) is 1.61. The van der Waals surface area contributed by atoms with Crippen molar-refractivity contribution in [1.82, 2.24) is 5.06 Å². The van der Waals surface area contributed by atoms with Crippen LogP contribution in [0.1, 0.15) is 55.5 Å². The lowest BCUT2D eigenvalue weighted by Gasteiger charge is -2.24. The van der Waals surface area contributed by atoms with Gasteiger partial charge in [0.2, 0.25) is 5.91 Å². The average Bonchev–Trinajstić information content (AvgIpc) is 2.82. The van der Waals surface area contributed by atoms with Gasteiger partial charge < -0.3 is 9.79 Å². The van der Waals surface area contributed by atoms with E-state index in [1.54, 1.807) is 0 Å². The summed E-state index contributed by atoms with van der Waals surface area (Å²) in [7, 11) is -4.54. The first-order valence-corrected chi connectivity index (χ1v) is 14.0. The van der Waals surface area contributed by atoms with Crippen LogP contribution in [0.25, 0.3) is 11.1 Å². The first kappa shape index (κ1) is 28.4. The van der Waals surface area contributed by atoms with Gasteiger partial charge in [0, 0.05) is 13.5 Å². The van der Waals surface area contributed by atoms with E-state index < -0.39 is 13.3 Å². The molecule has 0 bridgehead atoms. The molecule has 3 aromatic rings. The van der Waals surface area contributed by atoms with Gasteiger partial charge in [-0.2, -0.15) is 0 Å². The van der Waals surface area contributed by atoms with E-state index in [0.717, 1.165) is 21.8 Å². The van der Waals surface area contributed by atoms with E-state index in [-0.39, 0.29) is 35.5 Å². The van der Waals surface area contributed by atoms with Gasteiger partial charge in [0.05, 0.1) is 15.7 Å². The third-order valence-electron chi connectivity index (χ3n) is 5.94. The minimum Gasteiger partial charge on any atom is -0.324 e. The van der Waals surface area contributed by atoms with E-state index in [1.807, 2.05) is 24.3 Å². The highest BCUT2D eigenvalue weighted by Crippen LogP contribution is 2.54. The second kappa shape index (κ2) is 12.4. The predicted molar refractivity (Wildman–Crippen MR) is 144 cm³/mol. The third kappa shape index (κ3) is 7.66. The fraction of sp³-hybridized carbons (Fsp3) is 0.296. The Balaban J connectivity index is 1.64. The largest absolute Gasteiger partial charge is 0.333 e. The molecule has 0 aromatic heterocycles. The Kier molecular flexibility index (Phi) is 9.76. The van der Waals surface area contributed by atoms with Gasteiger partial charge in [0.1, 0.15) is 6.61 Å². The molecule has 0 saturated carbocycles. The third-order valence-corrected chi connectivity index (χ3v) is 8.05. The molecule has 0 aliphatic heterocycles. The van der Waals surface area contributed by atoms with Gasteiger partial charge in [-0.3, -0.25) is 14.2 Å². The van der Waals surface area contributed by atoms with Gasteiger partial charge in [-0.1, -0.05) is 91.6 Å². The second-order valence-corrected chi connectivity index (χ2v) is 11.6. The van der Waals surface area contributed by atoms with Gasteiger partial charge in [0.25, 0.3) is 0 Å². The number of rotatable bonds is 10. The standard InChI is InChI=1S/C27H30Cl2NO5P/c1-18(2)21-8-10-23(11-9-21)22-6-4-20(5-7-22)17-35-30(19(3)31)15-14-27(36(32,33)34)24-12-13-25(28)26(29)16-24/h4-13,16,18,27H,14-15,17H2,1-3H3,(H2,32,33,34). The number of carbonyl (C=O) groups excluding carboxylic acids is 1. The number of hydrogen-bond acceptors (Lipinski definition) is 3. The van der Waals surface area contributed by atoms with E-state index in [1.165, 1.54) is 30.7 Å². The van der Waals surface area contributed by atoms with Crippen molar-refractivity contribution in [3.63, 3.8) is 0 Å². The zero-order chi connectivity index (χ0) is 26.5. The molecule has 36 heavy (non-hydrogen) atoms. The summed E-state index contributed by atoms with van der Waals surface area (Å²) in [4.78, 5) is 37.7. The molecule has 9 heteroatoms. The van der Waals surface area contributed by atoms with Crippen molar-refractivity contribution in [1.29, 1.82) is 0 Å². The Morgan fingerprint density at radius 3 is 1.97 bits per heavy atom. The first-order valence-electron chi connectivity index (χ1n) is 11.6. The summed E-state index contributed by atoms with van der Waals surface area (Å²) >= 11 is 12.0. The van der Waals surface area contributed by atoms with Gasteiger partial charge in [0.15, 0.2) is 0 Å². The quantitative estimate of drug-likeness (QED) is 0.203. The van der Waals surface area contributed by atoms with Crippen molar-refractivity contribution in [3.05, 3.63) is 93.5 Å². The minimum absolute atomic E-state index is 0.00829. The Morgan fingerprint density at radius 2 is 1.47 bits per heavy atom. The van der Waals surface area contributed by atoms with Crippen molar-refractivity contribution in [2.45, 2.75) is 45.4 Å². The maximum absolute atomic E-state index is 12.2. The van der Waals surface area contributed by atoms with Crippen molar-refractivity contribution in [2.75, 3.05) is 6.54 Å². The fourth-order valence-electron chi connectivity index (χ4n) is 3.81. The summed E-state index contributed by atoms with van der Waals surface area (Å²) in [5.41, 5.74) is 3.53. The molecule has 0 aliphatic carbocycles. The highest BCUT2D eigenvalue weighted by molar-refractivity contribution is 7.52. The van der Waals surface area contributed by atoms with Crippen LogP contribution in [-0.4, -0.2) is 27.3 Å². The van der Waals surface area contributed by atoms with Crippen molar-refractivity contribution < 1.29 is 24.0 Å². The first-order chi connectivity index (χ1) is 17.0. The van der Waals surface area contributed by atoms with Crippen LogP contribution in [0.5, 0.6) is 0 Å². The molecule has 3 aromatic carbocycles. The minimum atomic E-state index is -4.54.